The summed E-state index contributed by atoms with van der Waals surface area (Å²) in [4.78, 5) is 13.6. The van der Waals surface area contributed by atoms with Crippen molar-refractivity contribution in [3.05, 3.63) is 35.9 Å². The van der Waals surface area contributed by atoms with Gasteiger partial charge in [-0.2, -0.15) is 0 Å². The molecule has 0 radical (unpaired) electrons. The monoisotopic (exact) mass is 305 g/mol. The highest BCUT2D eigenvalue weighted by atomic mass is 16.3. The van der Waals surface area contributed by atoms with Crippen LogP contribution in [0.25, 0.3) is 0 Å². The molecule has 4 nitrogen and oxygen atoms in total. The Labute approximate surface area is 132 Å². The topological polar surface area (TPSA) is 60.8 Å². The van der Waals surface area contributed by atoms with Crippen LogP contribution in [-0.2, 0) is 11.2 Å². The molecule has 0 aromatic heterocycles. The predicted octanol–water partition coefficient (Wildman–Crippen LogP) is 1.64. The maximum absolute atomic E-state index is 11.4. The Morgan fingerprint density at radius 1 is 1.27 bits per heavy atom. The summed E-state index contributed by atoms with van der Waals surface area (Å²) in [7, 11) is 0. The number of rotatable bonds is 6. The van der Waals surface area contributed by atoms with Crippen LogP contribution in [0.5, 0.6) is 0 Å². The summed E-state index contributed by atoms with van der Waals surface area (Å²) in [6.07, 6.45) is 2.64. The average molecular weight is 305 g/mol. The third-order valence-electron chi connectivity index (χ3n) is 4.96. The van der Waals surface area contributed by atoms with Gasteiger partial charge in [0.2, 0.25) is 0 Å². The van der Waals surface area contributed by atoms with E-state index in [1.165, 1.54) is 12.5 Å². The van der Waals surface area contributed by atoms with Gasteiger partial charge in [0, 0.05) is 13.2 Å². The summed E-state index contributed by atoms with van der Waals surface area (Å²) in [5.41, 5.74) is -0.112. The molecule has 1 saturated heterocycles. The second-order valence-electron chi connectivity index (χ2n) is 6.93. The molecule has 1 aromatic carbocycles. The van der Waals surface area contributed by atoms with Gasteiger partial charge in [-0.1, -0.05) is 30.3 Å². The highest BCUT2D eigenvalue weighted by Gasteiger charge is 2.37. The zero-order valence-corrected chi connectivity index (χ0v) is 13.6. The Morgan fingerprint density at radius 3 is 2.36 bits per heavy atom. The van der Waals surface area contributed by atoms with E-state index in [0.29, 0.717) is 6.54 Å². The third-order valence-corrected chi connectivity index (χ3v) is 4.96. The molecule has 122 valence electrons. The van der Waals surface area contributed by atoms with Crippen molar-refractivity contribution in [1.82, 2.24) is 4.90 Å². The zero-order valence-electron chi connectivity index (χ0n) is 13.6. The summed E-state index contributed by atoms with van der Waals surface area (Å²) in [6.45, 7) is 5.16. The van der Waals surface area contributed by atoms with E-state index in [1.807, 2.05) is 18.2 Å². The Bertz CT molecular complexity index is 490. The minimum Gasteiger partial charge on any atom is -0.396 e. The largest absolute Gasteiger partial charge is 0.396 e. The smallest absolute Gasteiger partial charge is 0.162 e. The van der Waals surface area contributed by atoms with Gasteiger partial charge in [-0.05, 0) is 57.2 Å². The van der Waals surface area contributed by atoms with Crippen molar-refractivity contribution >= 4 is 5.78 Å². The summed E-state index contributed by atoms with van der Waals surface area (Å²) in [6, 6.07) is 10.3. The lowest BCUT2D eigenvalue weighted by Crippen LogP contribution is -2.51. The summed E-state index contributed by atoms with van der Waals surface area (Å²) in [5, 5.41) is 20.0. The second kappa shape index (κ2) is 6.90. The summed E-state index contributed by atoms with van der Waals surface area (Å²) >= 11 is 0. The van der Waals surface area contributed by atoms with Crippen LogP contribution in [0.3, 0.4) is 0 Å². The normalized spacial score (nSPS) is 21.3. The first-order valence-electron chi connectivity index (χ1n) is 7.97. The van der Waals surface area contributed by atoms with E-state index in [0.717, 1.165) is 32.4 Å². The first-order chi connectivity index (χ1) is 10.4. The van der Waals surface area contributed by atoms with E-state index in [4.69, 9.17) is 0 Å². The van der Waals surface area contributed by atoms with Gasteiger partial charge in [0.1, 0.15) is 5.60 Å². The molecule has 1 aliphatic heterocycles. The predicted molar refractivity (Wildman–Crippen MR) is 86.6 cm³/mol. The Balaban J connectivity index is 1.95. The maximum Gasteiger partial charge on any atom is 0.162 e. The summed E-state index contributed by atoms with van der Waals surface area (Å²) in [5.74, 6) is -0.198. The van der Waals surface area contributed by atoms with Crippen LogP contribution in [0.4, 0.5) is 0 Å². The number of benzene rings is 1. The fourth-order valence-corrected chi connectivity index (χ4v) is 3.15. The quantitative estimate of drug-likeness (QED) is 0.839. The summed E-state index contributed by atoms with van der Waals surface area (Å²) < 4.78 is 0. The van der Waals surface area contributed by atoms with Crippen LogP contribution in [0.1, 0.15) is 32.3 Å². The van der Waals surface area contributed by atoms with Crippen LogP contribution in [0.2, 0.25) is 0 Å². The van der Waals surface area contributed by atoms with Crippen LogP contribution in [-0.4, -0.2) is 52.7 Å². The lowest BCUT2D eigenvalue weighted by molar-refractivity contribution is -0.136. The van der Waals surface area contributed by atoms with Crippen molar-refractivity contribution in [3.8, 4) is 0 Å². The van der Waals surface area contributed by atoms with E-state index in [-0.39, 0.29) is 17.8 Å². The first-order valence-corrected chi connectivity index (χ1v) is 7.97. The van der Waals surface area contributed by atoms with E-state index in [9.17, 15) is 15.0 Å². The molecule has 0 saturated carbocycles. The van der Waals surface area contributed by atoms with Gasteiger partial charge in [-0.3, -0.25) is 9.69 Å². The maximum atomic E-state index is 11.4. The van der Waals surface area contributed by atoms with Crippen molar-refractivity contribution < 1.29 is 15.0 Å². The number of carbonyl (C=O) groups excluding carboxylic acids is 1. The minimum absolute atomic E-state index is 0.0834. The van der Waals surface area contributed by atoms with Gasteiger partial charge in [-0.15, -0.1) is 0 Å². The molecule has 1 atom stereocenters. The Morgan fingerprint density at radius 2 is 1.86 bits per heavy atom. The molecule has 0 bridgehead atoms. The van der Waals surface area contributed by atoms with E-state index >= 15 is 0 Å². The second-order valence-corrected chi connectivity index (χ2v) is 6.93. The number of hydrogen-bond acceptors (Lipinski definition) is 4. The average Bonchev–Trinajstić information content (AvgIpc) is 2.50. The molecule has 1 fully saturated rings. The van der Waals surface area contributed by atoms with E-state index in [1.54, 1.807) is 6.92 Å². The van der Waals surface area contributed by atoms with Gasteiger partial charge in [-0.25, -0.2) is 0 Å². The fraction of sp³-hybridized carbons (Fsp3) is 0.611. The zero-order chi connectivity index (χ0) is 16.2. The molecular formula is C18H27NO3. The number of hydrogen-bond donors (Lipinski definition) is 2. The SMILES string of the molecule is CC(=O)C(C)(O)CN1CCC(CO)(Cc2ccccc2)CC1. The molecule has 1 heterocycles. The van der Waals surface area contributed by atoms with Crippen LogP contribution >= 0.6 is 0 Å². The standard InChI is InChI=1S/C18H27NO3/c1-15(21)17(2,22)13-19-10-8-18(14-20,9-11-19)12-16-6-4-3-5-7-16/h3-7,20,22H,8-14H2,1-2H3. The number of carbonyl (C=O) groups is 1. The number of aliphatic hydroxyl groups excluding tert-OH is 1. The number of aliphatic hydroxyl groups is 2. The minimum atomic E-state index is -1.28. The van der Waals surface area contributed by atoms with Crippen LogP contribution in [0, 0.1) is 5.41 Å². The number of β-amino-alcohol motifs (C(OH)–C–C–N with tert-alkyl or cyclic N) is 1. The Hall–Kier alpha value is -1.23. The highest BCUT2D eigenvalue weighted by molar-refractivity contribution is 5.84. The van der Waals surface area contributed by atoms with Crippen LogP contribution in [0.15, 0.2) is 30.3 Å². The molecule has 1 unspecified atom stereocenters. The molecule has 0 aliphatic carbocycles. The van der Waals surface area contributed by atoms with Crippen molar-refractivity contribution in [1.29, 1.82) is 0 Å². The van der Waals surface area contributed by atoms with Crippen molar-refractivity contribution in [2.75, 3.05) is 26.2 Å². The van der Waals surface area contributed by atoms with Crippen LogP contribution < -0.4 is 0 Å². The van der Waals surface area contributed by atoms with Gasteiger partial charge in [0.15, 0.2) is 5.78 Å². The number of likely N-dealkylation sites (tertiary alicyclic amines) is 1. The number of Topliss-reactive ketones (excluding diaryl/α,β-unsaturated/α-hetero) is 1. The molecule has 0 spiro atoms. The molecule has 2 rings (SSSR count). The number of nitrogens with zero attached hydrogens (tertiary/aromatic N) is 1. The van der Waals surface area contributed by atoms with Crippen molar-refractivity contribution in [3.63, 3.8) is 0 Å². The van der Waals surface area contributed by atoms with E-state index in [2.05, 4.69) is 17.0 Å². The first kappa shape index (κ1) is 17.1. The number of ketones is 1. The van der Waals surface area contributed by atoms with Gasteiger partial charge in [0.25, 0.3) is 0 Å². The van der Waals surface area contributed by atoms with E-state index < -0.39 is 5.60 Å². The fourth-order valence-electron chi connectivity index (χ4n) is 3.15. The van der Waals surface area contributed by atoms with Gasteiger partial charge < -0.3 is 10.2 Å². The lowest BCUT2D eigenvalue weighted by Gasteiger charge is -2.42. The Kier molecular flexibility index (Phi) is 5.37. The molecular weight excluding hydrogens is 278 g/mol. The third kappa shape index (κ3) is 4.15. The molecule has 2 N–H and O–H groups in total. The van der Waals surface area contributed by atoms with Gasteiger partial charge in [0.05, 0.1) is 0 Å². The van der Waals surface area contributed by atoms with Crippen molar-refractivity contribution in [2.24, 2.45) is 5.41 Å². The molecule has 22 heavy (non-hydrogen) atoms. The van der Waals surface area contributed by atoms with Gasteiger partial charge >= 0.3 is 0 Å². The molecule has 4 heteroatoms. The highest BCUT2D eigenvalue weighted by Crippen LogP contribution is 2.35. The molecule has 0 amide bonds. The molecule has 1 aromatic rings. The van der Waals surface area contributed by atoms with Crippen molar-refractivity contribution in [2.45, 2.75) is 38.7 Å². The molecule has 1 aliphatic rings. The number of piperidine rings is 1. The lowest BCUT2D eigenvalue weighted by atomic mass is 9.74.